The van der Waals surface area contributed by atoms with Gasteiger partial charge in [-0.15, -0.1) is 0 Å². The van der Waals surface area contributed by atoms with Crippen LogP contribution in [0.3, 0.4) is 0 Å². The lowest BCUT2D eigenvalue weighted by molar-refractivity contribution is -0.138. The number of carbonyl (C=O) groups is 1. The largest absolute Gasteiger partial charge is 0.417 e. The molecule has 1 amide bonds. The number of halogens is 3. The van der Waals surface area contributed by atoms with E-state index >= 15 is 0 Å². The molecule has 1 aromatic rings. The third-order valence-corrected chi connectivity index (χ3v) is 3.64. The number of amides is 1. The molecule has 0 aliphatic carbocycles. The molecule has 0 radical (unpaired) electrons. The first kappa shape index (κ1) is 14.8. The molecule has 3 N–H and O–H groups in total. The Bertz CT molecular complexity index is 494. The van der Waals surface area contributed by atoms with Crippen LogP contribution in [0.2, 0.25) is 0 Å². The van der Waals surface area contributed by atoms with Gasteiger partial charge in [0.25, 0.3) is 0 Å². The zero-order chi connectivity index (χ0) is 14.8. The van der Waals surface area contributed by atoms with E-state index < -0.39 is 23.2 Å². The predicted octanol–water partition coefficient (Wildman–Crippen LogP) is 2.35. The van der Waals surface area contributed by atoms with Crippen molar-refractivity contribution >= 4 is 5.91 Å². The summed E-state index contributed by atoms with van der Waals surface area (Å²) >= 11 is 0. The van der Waals surface area contributed by atoms with E-state index in [1.807, 2.05) is 0 Å². The number of carbonyl (C=O) groups excluding carboxylic acids is 1. The van der Waals surface area contributed by atoms with Gasteiger partial charge in [0.2, 0.25) is 5.91 Å². The number of nitrogens with two attached hydrogens (primary N) is 1. The molecule has 1 fully saturated rings. The molecule has 0 atom stereocenters. The number of hydrogen-bond acceptors (Lipinski definition) is 2. The Balaban J connectivity index is 2.25. The minimum absolute atomic E-state index is 0.386. The molecule has 6 heteroatoms. The summed E-state index contributed by atoms with van der Waals surface area (Å²) in [6, 6.07) is 3.81. The fourth-order valence-corrected chi connectivity index (χ4v) is 2.59. The zero-order valence-corrected chi connectivity index (χ0v) is 11.0. The Morgan fingerprint density at radius 2 is 1.95 bits per heavy atom. The number of benzene rings is 1. The van der Waals surface area contributed by atoms with E-state index in [0.717, 1.165) is 32.0 Å². The molecule has 1 heterocycles. The van der Waals surface area contributed by atoms with Gasteiger partial charge in [0.15, 0.2) is 0 Å². The smallest absolute Gasteiger partial charge is 0.366 e. The molecule has 1 aromatic carbocycles. The quantitative estimate of drug-likeness (QED) is 0.896. The average Bonchev–Trinajstić information content (AvgIpc) is 2.38. The van der Waals surface area contributed by atoms with Crippen LogP contribution in [-0.2, 0) is 12.6 Å². The first-order valence-corrected chi connectivity index (χ1v) is 6.58. The first-order chi connectivity index (χ1) is 9.38. The molecule has 0 unspecified atom stereocenters. The SMILES string of the molecule is NC(=O)c1ccc(CC2CCNCC2)cc1C(F)(F)F. The second-order valence-corrected chi connectivity index (χ2v) is 5.14. The highest BCUT2D eigenvalue weighted by Gasteiger charge is 2.35. The summed E-state index contributed by atoms with van der Waals surface area (Å²) in [6.45, 7) is 1.80. The number of rotatable bonds is 3. The van der Waals surface area contributed by atoms with Gasteiger partial charge in [-0.05, 0) is 56.0 Å². The molecule has 0 saturated carbocycles. The number of primary amides is 1. The minimum Gasteiger partial charge on any atom is -0.366 e. The molecule has 20 heavy (non-hydrogen) atoms. The molecule has 2 rings (SSSR count). The molecule has 1 saturated heterocycles. The summed E-state index contributed by atoms with van der Waals surface area (Å²) in [5, 5.41) is 3.22. The van der Waals surface area contributed by atoms with Crippen molar-refractivity contribution in [3.63, 3.8) is 0 Å². The van der Waals surface area contributed by atoms with Gasteiger partial charge in [0.05, 0.1) is 11.1 Å². The average molecular weight is 286 g/mol. The lowest BCUT2D eigenvalue weighted by Gasteiger charge is -2.23. The molecule has 0 spiro atoms. The van der Waals surface area contributed by atoms with Gasteiger partial charge in [0, 0.05) is 0 Å². The molecule has 1 aliphatic heterocycles. The van der Waals surface area contributed by atoms with Crippen molar-refractivity contribution in [1.82, 2.24) is 5.32 Å². The van der Waals surface area contributed by atoms with Crippen LogP contribution in [0.15, 0.2) is 18.2 Å². The van der Waals surface area contributed by atoms with Crippen molar-refractivity contribution in [2.24, 2.45) is 11.7 Å². The zero-order valence-electron chi connectivity index (χ0n) is 11.0. The third-order valence-electron chi connectivity index (χ3n) is 3.64. The summed E-state index contributed by atoms with van der Waals surface area (Å²) in [7, 11) is 0. The number of hydrogen-bond donors (Lipinski definition) is 2. The van der Waals surface area contributed by atoms with E-state index in [4.69, 9.17) is 5.73 Å². The van der Waals surface area contributed by atoms with E-state index in [0.29, 0.717) is 17.9 Å². The van der Waals surface area contributed by atoms with Crippen molar-refractivity contribution in [3.8, 4) is 0 Å². The van der Waals surface area contributed by atoms with Gasteiger partial charge in [-0.2, -0.15) is 13.2 Å². The molecular weight excluding hydrogens is 269 g/mol. The number of piperidine rings is 1. The van der Waals surface area contributed by atoms with Gasteiger partial charge in [-0.1, -0.05) is 6.07 Å². The monoisotopic (exact) mass is 286 g/mol. The summed E-state index contributed by atoms with van der Waals surface area (Å²) in [5.41, 5.74) is 4.20. The lowest BCUT2D eigenvalue weighted by Crippen LogP contribution is -2.28. The standard InChI is InChI=1S/C14H17F3N2O/c15-14(16,17)12-8-10(1-2-11(12)13(18)20)7-9-3-5-19-6-4-9/h1-2,8-9,19H,3-7H2,(H2,18,20). The van der Waals surface area contributed by atoms with Gasteiger partial charge >= 0.3 is 6.18 Å². The van der Waals surface area contributed by atoms with Crippen LogP contribution in [0.25, 0.3) is 0 Å². The van der Waals surface area contributed by atoms with E-state index in [2.05, 4.69) is 5.32 Å². The van der Waals surface area contributed by atoms with Crippen LogP contribution in [0, 0.1) is 5.92 Å². The van der Waals surface area contributed by atoms with Crippen molar-refractivity contribution in [1.29, 1.82) is 0 Å². The van der Waals surface area contributed by atoms with Gasteiger partial charge in [-0.25, -0.2) is 0 Å². The third kappa shape index (κ3) is 3.50. The Morgan fingerprint density at radius 3 is 2.50 bits per heavy atom. The molecule has 3 nitrogen and oxygen atoms in total. The Labute approximate surface area is 115 Å². The van der Waals surface area contributed by atoms with Crippen molar-refractivity contribution < 1.29 is 18.0 Å². The first-order valence-electron chi connectivity index (χ1n) is 6.58. The molecule has 0 aromatic heterocycles. The van der Waals surface area contributed by atoms with Gasteiger partial charge in [-0.3, -0.25) is 4.79 Å². The second-order valence-electron chi connectivity index (χ2n) is 5.14. The summed E-state index contributed by atoms with van der Waals surface area (Å²) in [6.07, 6.45) is -2.05. The minimum atomic E-state index is -4.56. The van der Waals surface area contributed by atoms with Gasteiger partial charge in [0.1, 0.15) is 0 Å². The fourth-order valence-electron chi connectivity index (χ4n) is 2.59. The van der Waals surface area contributed by atoms with E-state index in [1.54, 1.807) is 6.07 Å². The van der Waals surface area contributed by atoms with Crippen LogP contribution in [0.5, 0.6) is 0 Å². The lowest BCUT2D eigenvalue weighted by atomic mass is 9.89. The summed E-state index contributed by atoms with van der Waals surface area (Å²) in [5.74, 6) is -0.664. The Morgan fingerprint density at radius 1 is 1.30 bits per heavy atom. The maximum Gasteiger partial charge on any atom is 0.417 e. The highest BCUT2D eigenvalue weighted by atomic mass is 19.4. The van der Waals surface area contributed by atoms with Crippen LogP contribution in [-0.4, -0.2) is 19.0 Å². The van der Waals surface area contributed by atoms with Crippen LogP contribution >= 0.6 is 0 Å². The Hall–Kier alpha value is -1.56. The van der Waals surface area contributed by atoms with E-state index in [9.17, 15) is 18.0 Å². The highest BCUT2D eigenvalue weighted by molar-refractivity contribution is 5.94. The second kappa shape index (κ2) is 5.83. The van der Waals surface area contributed by atoms with Gasteiger partial charge < -0.3 is 11.1 Å². The van der Waals surface area contributed by atoms with Crippen molar-refractivity contribution in [2.75, 3.05) is 13.1 Å². The predicted molar refractivity (Wildman–Crippen MR) is 69.3 cm³/mol. The fraction of sp³-hybridized carbons (Fsp3) is 0.500. The normalized spacial score (nSPS) is 17.1. The molecule has 110 valence electrons. The van der Waals surface area contributed by atoms with E-state index in [1.165, 1.54) is 6.07 Å². The topological polar surface area (TPSA) is 55.1 Å². The molecule has 1 aliphatic rings. The van der Waals surface area contributed by atoms with Crippen LogP contribution < -0.4 is 11.1 Å². The molecule has 0 bridgehead atoms. The maximum atomic E-state index is 12.9. The number of nitrogens with one attached hydrogen (secondary N) is 1. The molecular formula is C14H17F3N2O. The van der Waals surface area contributed by atoms with Crippen molar-refractivity contribution in [3.05, 3.63) is 34.9 Å². The Kier molecular flexibility index (Phi) is 4.32. The number of alkyl halides is 3. The van der Waals surface area contributed by atoms with Crippen LogP contribution in [0.1, 0.15) is 34.3 Å². The van der Waals surface area contributed by atoms with Crippen molar-refractivity contribution in [2.45, 2.75) is 25.4 Å². The maximum absolute atomic E-state index is 12.9. The summed E-state index contributed by atoms with van der Waals surface area (Å²) < 4.78 is 38.8. The summed E-state index contributed by atoms with van der Waals surface area (Å²) in [4.78, 5) is 11.1. The van der Waals surface area contributed by atoms with E-state index in [-0.39, 0.29) is 0 Å². The van der Waals surface area contributed by atoms with Crippen LogP contribution in [0.4, 0.5) is 13.2 Å². The highest BCUT2D eigenvalue weighted by Crippen LogP contribution is 2.33.